The Balaban J connectivity index is 2.17. The van der Waals surface area contributed by atoms with Gasteiger partial charge in [-0.2, -0.15) is 0 Å². The van der Waals surface area contributed by atoms with Crippen LogP contribution in [0.1, 0.15) is 39.1 Å². The van der Waals surface area contributed by atoms with E-state index in [-0.39, 0.29) is 11.7 Å². The molecule has 0 radical (unpaired) electrons. The summed E-state index contributed by atoms with van der Waals surface area (Å²) in [4.78, 5) is 23.7. The minimum absolute atomic E-state index is 0.0120. The van der Waals surface area contributed by atoms with E-state index in [4.69, 9.17) is 9.94 Å². The van der Waals surface area contributed by atoms with E-state index in [1.54, 1.807) is 61.1 Å². The van der Waals surface area contributed by atoms with Gasteiger partial charge in [0.1, 0.15) is 5.75 Å². The molecule has 5 nitrogen and oxygen atoms in total. The van der Waals surface area contributed by atoms with E-state index in [0.717, 1.165) is 5.56 Å². The zero-order valence-electron chi connectivity index (χ0n) is 12.4. The molecule has 0 aliphatic heterocycles. The molecule has 114 valence electrons. The lowest BCUT2D eigenvalue weighted by Gasteiger charge is -2.12. The highest BCUT2D eigenvalue weighted by Crippen LogP contribution is 2.22. The first-order valence-corrected chi connectivity index (χ1v) is 6.79. The molecule has 2 rings (SSSR count). The third-order valence-corrected chi connectivity index (χ3v) is 3.54. The SMILES string of the molecule is COc1ccc(C(=O)C(C)c2ccc(C(=O)NO)cc2)cc1. The zero-order valence-corrected chi connectivity index (χ0v) is 12.4. The summed E-state index contributed by atoms with van der Waals surface area (Å²) in [5.74, 6) is -0.231. The van der Waals surface area contributed by atoms with E-state index in [1.807, 2.05) is 6.92 Å². The number of benzene rings is 2. The number of carbonyl (C=O) groups is 2. The summed E-state index contributed by atoms with van der Waals surface area (Å²) in [7, 11) is 1.57. The smallest absolute Gasteiger partial charge is 0.274 e. The molecule has 0 saturated heterocycles. The van der Waals surface area contributed by atoms with Gasteiger partial charge < -0.3 is 4.74 Å². The fraction of sp³-hybridized carbons (Fsp3) is 0.176. The van der Waals surface area contributed by atoms with Crippen molar-refractivity contribution in [3.05, 3.63) is 65.2 Å². The average Bonchev–Trinajstić information content (AvgIpc) is 2.60. The minimum atomic E-state index is -0.583. The number of ketones is 1. The Morgan fingerprint density at radius 3 is 2.05 bits per heavy atom. The Hall–Kier alpha value is -2.66. The summed E-state index contributed by atoms with van der Waals surface area (Å²) < 4.78 is 5.07. The standard InChI is InChI=1S/C17H17NO4/c1-11(12-3-5-14(6-4-12)17(20)18-21)16(19)13-7-9-15(22-2)10-8-13/h3-11,21H,1-2H3,(H,18,20). The molecule has 2 aromatic carbocycles. The molecule has 0 aliphatic rings. The van der Waals surface area contributed by atoms with E-state index in [0.29, 0.717) is 16.9 Å². The Labute approximate surface area is 128 Å². The lowest BCUT2D eigenvalue weighted by Crippen LogP contribution is -2.18. The van der Waals surface area contributed by atoms with Crippen molar-refractivity contribution in [3.8, 4) is 5.75 Å². The van der Waals surface area contributed by atoms with E-state index in [1.165, 1.54) is 0 Å². The number of Topliss-reactive ketones (excluding diaryl/α,β-unsaturated/α-hetero) is 1. The number of ether oxygens (including phenoxy) is 1. The number of rotatable bonds is 5. The molecule has 22 heavy (non-hydrogen) atoms. The monoisotopic (exact) mass is 299 g/mol. The lowest BCUT2D eigenvalue weighted by atomic mass is 9.92. The van der Waals surface area contributed by atoms with Gasteiger partial charge in [0.25, 0.3) is 5.91 Å². The molecule has 0 heterocycles. The molecule has 0 fully saturated rings. The van der Waals surface area contributed by atoms with Crippen LogP contribution in [0.15, 0.2) is 48.5 Å². The maximum absolute atomic E-state index is 12.5. The number of nitrogens with one attached hydrogen (secondary N) is 1. The second-order valence-electron chi connectivity index (χ2n) is 4.88. The van der Waals surface area contributed by atoms with Gasteiger partial charge in [-0.1, -0.05) is 19.1 Å². The molecule has 0 bridgehead atoms. The van der Waals surface area contributed by atoms with Crippen molar-refractivity contribution in [1.82, 2.24) is 5.48 Å². The third-order valence-electron chi connectivity index (χ3n) is 3.54. The van der Waals surface area contributed by atoms with Crippen molar-refractivity contribution in [2.45, 2.75) is 12.8 Å². The van der Waals surface area contributed by atoms with Crippen LogP contribution in [0.25, 0.3) is 0 Å². The number of amides is 1. The minimum Gasteiger partial charge on any atom is -0.497 e. The summed E-state index contributed by atoms with van der Waals surface area (Å²) in [6.45, 7) is 1.81. The van der Waals surface area contributed by atoms with Gasteiger partial charge in [-0.25, -0.2) is 5.48 Å². The van der Waals surface area contributed by atoms with Crippen molar-refractivity contribution < 1.29 is 19.5 Å². The normalized spacial score (nSPS) is 11.6. The Morgan fingerprint density at radius 1 is 1.00 bits per heavy atom. The number of methoxy groups -OCH3 is 1. The fourth-order valence-electron chi connectivity index (χ4n) is 2.14. The molecule has 2 N–H and O–H groups in total. The van der Waals surface area contributed by atoms with Crippen LogP contribution in [-0.2, 0) is 0 Å². The number of hydrogen-bond acceptors (Lipinski definition) is 4. The van der Waals surface area contributed by atoms with Crippen LogP contribution in [0.4, 0.5) is 0 Å². The molecule has 5 heteroatoms. The highest BCUT2D eigenvalue weighted by Gasteiger charge is 2.17. The van der Waals surface area contributed by atoms with Gasteiger partial charge in [0.2, 0.25) is 0 Å². The van der Waals surface area contributed by atoms with Gasteiger partial charge in [0.15, 0.2) is 5.78 Å². The van der Waals surface area contributed by atoms with Crippen LogP contribution in [0.3, 0.4) is 0 Å². The van der Waals surface area contributed by atoms with Gasteiger partial charge in [-0.3, -0.25) is 14.8 Å². The molecule has 0 spiro atoms. The van der Waals surface area contributed by atoms with Crippen LogP contribution in [0, 0.1) is 0 Å². The Kier molecular flexibility index (Phi) is 4.91. The second-order valence-corrected chi connectivity index (χ2v) is 4.88. The Morgan fingerprint density at radius 2 is 1.55 bits per heavy atom. The van der Waals surface area contributed by atoms with Crippen molar-refractivity contribution in [1.29, 1.82) is 0 Å². The number of carbonyl (C=O) groups excluding carboxylic acids is 2. The third kappa shape index (κ3) is 3.32. The van der Waals surface area contributed by atoms with Crippen LogP contribution < -0.4 is 10.2 Å². The molecule has 0 aromatic heterocycles. The molecular weight excluding hydrogens is 282 g/mol. The second kappa shape index (κ2) is 6.87. The van der Waals surface area contributed by atoms with E-state index < -0.39 is 5.91 Å². The topological polar surface area (TPSA) is 75.6 Å². The van der Waals surface area contributed by atoms with Crippen LogP contribution >= 0.6 is 0 Å². The first kappa shape index (κ1) is 15.7. The number of hydrogen-bond donors (Lipinski definition) is 2. The van der Waals surface area contributed by atoms with Gasteiger partial charge in [-0.05, 0) is 42.0 Å². The molecule has 0 saturated carbocycles. The van der Waals surface area contributed by atoms with E-state index >= 15 is 0 Å². The first-order chi connectivity index (χ1) is 10.6. The first-order valence-electron chi connectivity index (χ1n) is 6.79. The van der Waals surface area contributed by atoms with Crippen molar-refractivity contribution in [2.24, 2.45) is 0 Å². The molecular formula is C17H17NO4. The molecule has 1 atom stereocenters. The van der Waals surface area contributed by atoms with Crippen LogP contribution in [-0.4, -0.2) is 24.0 Å². The lowest BCUT2D eigenvalue weighted by molar-refractivity contribution is 0.0706. The van der Waals surface area contributed by atoms with Crippen molar-refractivity contribution >= 4 is 11.7 Å². The highest BCUT2D eigenvalue weighted by molar-refractivity contribution is 6.01. The van der Waals surface area contributed by atoms with Crippen molar-refractivity contribution in [2.75, 3.05) is 7.11 Å². The molecule has 2 aromatic rings. The van der Waals surface area contributed by atoms with Gasteiger partial charge in [0.05, 0.1) is 7.11 Å². The summed E-state index contributed by atoms with van der Waals surface area (Å²) in [5.41, 5.74) is 3.30. The number of hydroxylamine groups is 1. The van der Waals surface area contributed by atoms with E-state index in [9.17, 15) is 9.59 Å². The summed E-state index contributed by atoms with van der Waals surface area (Å²) in [6, 6.07) is 13.5. The maximum Gasteiger partial charge on any atom is 0.274 e. The predicted octanol–water partition coefficient (Wildman–Crippen LogP) is 2.80. The summed E-state index contributed by atoms with van der Waals surface area (Å²) in [6.07, 6.45) is 0. The molecule has 0 aliphatic carbocycles. The van der Waals surface area contributed by atoms with E-state index in [2.05, 4.69) is 0 Å². The average molecular weight is 299 g/mol. The highest BCUT2D eigenvalue weighted by atomic mass is 16.5. The summed E-state index contributed by atoms with van der Waals surface area (Å²) in [5, 5.41) is 8.58. The Bertz CT molecular complexity index is 662. The van der Waals surface area contributed by atoms with Crippen LogP contribution in [0.5, 0.6) is 5.75 Å². The fourth-order valence-corrected chi connectivity index (χ4v) is 2.14. The van der Waals surface area contributed by atoms with Crippen molar-refractivity contribution in [3.63, 3.8) is 0 Å². The maximum atomic E-state index is 12.5. The summed E-state index contributed by atoms with van der Waals surface area (Å²) >= 11 is 0. The zero-order chi connectivity index (χ0) is 16.1. The quantitative estimate of drug-likeness (QED) is 0.506. The van der Waals surface area contributed by atoms with Gasteiger partial charge in [-0.15, -0.1) is 0 Å². The molecule has 1 unspecified atom stereocenters. The predicted molar refractivity (Wildman–Crippen MR) is 81.4 cm³/mol. The van der Waals surface area contributed by atoms with Crippen LogP contribution in [0.2, 0.25) is 0 Å². The molecule has 1 amide bonds. The van der Waals surface area contributed by atoms with Gasteiger partial charge >= 0.3 is 0 Å². The largest absolute Gasteiger partial charge is 0.497 e. The van der Waals surface area contributed by atoms with Gasteiger partial charge in [0, 0.05) is 17.0 Å².